The third-order valence-corrected chi connectivity index (χ3v) is 3.64. The molecule has 7 nitrogen and oxygen atoms in total. The van der Waals surface area contributed by atoms with Crippen molar-refractivity contribution in [2.24, 2.45) is 0 Å². The molecule has 0 heterocycles. The fourth-order valence-electron chi connectivity index (χ4n) is 2.21. The van der Waals surface area contributed by atoms with E-state index in [9.17, 15) is 27.6 Å². The van der Waals surface area contributed by atoms with Crippen molar-refractivity contribution in [3.8, 4) is 0 Å². The van der Waals surface area contributed by atoms with Crippen LogP contribution in [0, 0.1) is 0 Å². The van der Waals surface area contributed by atoms with E-state index in [4.69, 9.17) is 4.84 Å². The van der Waals surface area contributed by atoms with Gasteiger partial charge >= 0.3 is 6.18 Å². The van der Waals surface area contributed by atoms with Crippen molar-refractivity contribution in [3.63, 3.8) is 0 Å². The second-order valence-corrected chi connectivity index (χ2v) is 6.12. The number of rotatable bonds is 6. The second kappa shape index (κ2) is 9.20. The first-order chi connectivity index (χ1) is 13.6. The molecule has 0 aromatic heterocycles. The lowest BCUT2D eigenvalue weighted by atomic mass is 10.1. The van der Waals surface area contributed by atoms with E-state index in [-0.39, 0.29) is 11.5 Å². The van der Waals surface area contributed by atoms with Crippen LogP contribution in [0.15, 0.2) is 48.5 Å². The van der Waals surface area contributed by atoms with Crippen LogP contribution in [0.4, 0.5) is 18.9 Å². The summed E-state index contributed by atoms with van der Waals surface area (Å²) in [6.07, 6.45) is -4.58. The number of benzene rings is 2. The van der Waals surface area contributed by atoms with Crippen LogP contribution in [0.25, 0.3) is 0 Å². The molecular formula is C19H18F3N3O4. The fourth-order valence-corrected chi connectivity index (χ4v) is 2.21. The lowest BCUT2D eigenvalue weighted by Crippen LogP contribution is -2.29. The molecule has 0 aliphatic heterocycles. The van der Waals surface area contributed by atoms with Gasteiger partial charge in [0.2, 0.25) is 0 Å². The zero-order valence-corrected chi connectivity index (χ0v) is 15.5. The van der Waals surface area contributed by atoms with Crippen molar-refractivity contribution in [1.29, 1.82) is 0 Å². The zero-order chi connectivity index (χ0) is 21.6. The molecule has 0 aliphatic carbocycles. The van der Waals surface area contributed by atoms with Crippen LogP contribution < -0.4 is 10.8 Å². The predicted molar refractivity (Wildman–Crippen MR) is 98.0 cm³/mol. The number of nitrogens with one attached hydrogen (secondary N) is 2. The number of carbonyl (C=O) groups is 3. The number of hydrogen-bond acceptors (Lipinski definition) is 4. The minimum Gasteiger partial charge on any atom is -0.345 e. The van der Waals surface area contributed by atoms with Crippen LogP contribution in [-0.2, 0) is 15.8 Å². The largest absolute Gasteiger partial charge is 0.416 e. The molecule has 154 valence electrons. The highest BCUT2D eigenvalue weighted by Gasteiger charge is 2.30. The Bertz CT molecular complexity index is 896. The van der Waals surface area contributed by atoms with Crippen LogP contribution in [-0.4, -0.2) is 43.3 Å². The fraction of sp³-hybridized carbons (Fsp3) is 0.211. The minimum atomic E-state index is -4.58. The van der Waals surface area contributed by atoms with Crippen LogP contribution in [0.1, 0.15) is 26.3 Å². The molecule has 0 saturated carbocycles. The molecule has 0 unspecified atom stereocenters. The molecule has 0 atom stereocenters. The average molecular weight is 409 g/mol. The molecule has 0 aliphatic rings. The molecule has 0 bridgehead atoms. The van der Waals surface area contributed by atoms with E-state index in [1.54, 1.807) is 14.1 Å². The Kier molecular flexibility index (Phi) is 6.94. The maximum Gasteiger partial charge on any atom is 0.416 e. The summed E-state index contributed by atoms with van der Waals surface area (Å²) in [7, 11) is 3.23. The molecule has 10 heteroatoms. The normalized spacial score (nSPS) is 10.9. The van der Waals surface area contributed by atoms with Gasteiger partial charge in [-0.05, 0) is 42.5 Å². The molecule has 0 saturated heterocycles. The Labute approximate surface area is 164 Å². The highest BCUT2D eigenvalue weighted by molar-refractivity contribution is 5.96. The van der Waals surface area contributed by atoms with Gasteiger partial charge in [0.15, 0.2) is 6.61 Å². The van der Waals surface area contributed by atoms with E-state index in [1.807, 2.05) is 5.48 Å². The van der Waals surface area contributed by atoms with Gasteiger partial charge in [-0.15, -0.1) is 0 Å². The van der Waals surface area contributed by atoms with E-state index >= 15 is 0 Å². The number of halogens is 3. The topological polar surface area (TPSA) is 87.7 Å². The van der Waals surface area contributed by atoms with Crippen molar-refractivity contribution in [2.75, 3.05) is 26.0 Å². The van der Waals surface area contributed by atoms with E-state index in [1.165, 1.54) is 35.2 Å². The molecule has 3 amide bonds. The molecule has 29 heavy (non-hydrogen) atoms. The summed E-state index contributed by atoms with van der Waals surface area (Å²) in [5.74, 6) is -1.72. The van der Waals surface area contributed by atoms with Crippen molar-refractivity contribution >= 4 is 23.4 Å². The summed E-state index contributed by atoms with van der Waals surface area (Å²) < 4.78 is 38.0. The van der Waals surface area contributed by atoms with Gasteiger partial charge in [0.25, 0.3) is 17.7 Å². The van der Waals surface area contributed by atoms with Gasteiger partial charge < -0.3 is 10.2 Å². The lowest BCUT2D eigenvalue weighted by Gasteiger charge is -2.11. The average Bonchev–Trinajstić information content (AvgIpc) is 2.67. The Morgan fingerprint density at radius 1 is 1.00 bits per heavy atom. The van der Waals surface area contributed by atoms with Crippen LogP contribution in [0.3, 0.4) is 0 Å². The molecular weight excluding hydrogens is 391 g/mol. The molecule has 0 radical (unpaired) electrons. The van der Waals surface area contributed by atoms with Gasteiger partial charge in [0.05, 0.1) is 5.56 Å². The number of hydrogen-bond donors (Lipinski definition) is 2. The number of carbonyl (C=O) groups excluding carboxylic acids is 3. The first-order valence-corrected chi connectivity index (χ1v) is 8.29. The van der Waals surface area contributed by atoms with Crippen molar-refractivity contribution in [3.05, 3.63) is 65.2 Å². The summed E-state index contributed by atoms with van der Waals surface area (Å²) >= 11 is 0. The van der Waals surface area contributed by atoms with Gasteiger partial charge in [0.1, 0.15) is 0 Å². The Morgan fingerprint density at radius 3 is 2.24 bits per heavy atom. The third-order valence-electron chi connectivity index (χ3n) is 3.64. The van der Waals surface area contributed by atoms with Crippen molar-refractivity contribution < 1.29 is 32.4 Å². The van der Waals surface area contributed by atoms with E-state index in [0.29, 0.717) is 17.3 Å². The van der Waals surface area contributed by atoms with Gasteiger partial charge in [-0.25, -0.2) is 5.48 Å². The van der Waals surface area contributed by atoms with Gasteiger partial charge in [0, 0.05) is 30.9 Å². The highest BCUT2D eigenvalue weighted by Crippen LogP contribution is 2.29. The van der Waals surface area contributed by atoms with Crippen molar-refractivity contribution in [1.82, 2.24) is 10.4 Å². The number of alkyl halides is 3. The molecule has 2 rings (SSSR count). The number of anilines is 1. The van der Waals surface area contributed by atoms with Gasteiger partial charge in [-0.3, -0.25) is 19.2 Å². The molecule has 2 aromatic rings. The number of nitrogens with zero attached hydrogens (tertiary/aromatic N) is 1. The monoisotopic (exact) mass is 409 g/mol. The van der Waals surface area contributed by atoms with E-state index < -0.39 is 30.2 Å². The number of amides is 3. The quantitative estimate of drug-likeness (QED) is 0.719. The van der Waals surface area contributed by atoms with E-state index in [0.717, 1.165) is 12.1 Å². The van der Waals surface area contributed by atoms with Crippen LogP contribution in [0.5, 0.6) is 0 Å². The molecule has 0 spiro atoms. The maximum absolute atomic E-state index is 12.7. The van der Waals surface area contributed by atoms with Crippen LogP contribution in [0.2, 0.25) is 0 Å². The predicted octanol–water partition coefficient (Wildman–Crippen LogP) is 2.71. The van der Waals surface area contributed by atoms with Gasteiger partial charge in [-0.1, -0.05) is 6.07 Å². The SMILES string of the molecule is CN(C)C(=O)c1ccc(NC(=O)CONC(=O)c2cccc(C(F)(F)F)c2)cc1. The smallest absolute Gasteiger partial charge is 0.345 e. The standard InChI is InChI=1S/C19H18F3N3O4/c1-25(2)18(28)12-6-8-15(9-7-12)23-16(26)11-29-24-17(27)13-4-3-5-14(10-13)19(20,21)22/h3-10H,11H2,1-2H3,(H,23,26)(H,24,27). The Balaban J connectivity index is 1.84. The first-order valence-electron chi connectivity index (χ1n) is 8.29. The third kappa shape index (κ3) is 6.32. The van der Waals surface area contributed by atoms with Gasteiger partial charge in [-0.2, -0.15) is 13.2 Å². The molecule has 2 aromatic carbocycles. The summed E-state index contributed by atoms with van der Waals surface area (Å²) in [6, 6.07) is 9.91. The summed E-state index contributed by atoms with van der Waals surface area (Å²) in [4.78, 5) is 41.6. The summed E-state index contributed by atoms with van der Waals surface area (Å²) in [5.41, 5.74) is 1.52. The summed E-state index contributed by atoms with van der Waals surface area (Å²) in [6.45, 7) is -0.566. The zero-order valence-electron chi connectivity index (χ0n) is 15.5. The van der Waals surface area contributed by atoms with Crippen LogP contribution >= 0.6 is 0 Å². The molecule has 2 N–H and O–H groups in total. The van der Waals surface area contributed by atoms with E-state index in [2.05, 4.69) is 5.32 Å². The lowest BCUT2D eigenvalue weighted by molar-refractivity contribution is -0.137. The minimum absolute atomic E-state index is 0.191. The van der Waals surface area contributed by atoms with Crippen molar-refractivity contribution in [2.45, 2.75) is 6.18 Å². The summed E-state index contributed by atoms with van der Waals surface area (Å²) in [5, 5.41) is 2.49. The number of hydroxylamine groups is 1. The Morgan fingerprint density at radius 2 is 1.66 bits per heavy atom. The second-order valence-electron chi connectivity index (χ2n) is 6.12. The maximum atomic E-state index is 12.7. The molecule has 0 fully saturated rings. The first kappa shape index (κ1) is 21.9. The highest BCUT2D eigenvalue weighted by atomic mass is 19.4. The Hall–Kier alpha value is -3.40.